The number of aromatic nitrogens is 3. The summed E-state index contributed by atoms with van der Waals surface area (Å²) in [6.07, 6.45) is 6.19. The Balaban J connectivity index is 1.92. The first kappa shape index (κ1) is 13.0. The van der Waals surface area contributed by atoms with Gasteiger partial charge in [-0.15, -0.1) is 0 Å². The van der Waals surface area contributed by atoms with Crippen molar-refractivity contribution in [2.24, 2.45) is 0 Å². The van der Waals surface area contributed by atoms with Gasteiger partial charge in [-0.3, -0.25) is 10.1 Å². The van der Waals surface area contributed by atoms with Crippen LogP contribution in [-0.4, -0.2) is 28.3 Å². The van der Waals surface area contributed by atoms with Crippen molar-refractivity contribution >= 4 is 32.4 Å². The highest BCUT2D eigenvalue weighted by Crippen LogP contribution is 2.38. The van der Waals surface area contributed by atoms with Gasteiger partial charge in [-0.25, -0.2) is 0 Å². The molecule has 1 fully saturated rings. The minimum atomic E-state index is 0.554. The van der Waals surface area contributed by atoms with Crippen LogP contribution in [0.3, 0.4) is 0 Å². The quantitative estimate of drug-likeness (QED) is 0.527. The molecule has 4 aromatic rings. The topological polar surface area (TPSA) is 53.6 Å². The highest BCUT2D eigenvalue weighted by atomic mass is 15.1. The van der Waals surface area contributed by atoms with Crippen LogP contribution in [0.5, 0.6) is 0 Å². The Morgan fingerprint density at radius 1 is 0.913 bits per heavy atom. The molecule has 1 aliphatic heterocycles. The van der Waals surface area contributed by atoms with Gasteiger partial charge in [0.25, 0.3) is 0 Å². The first-order valence-corrected chi connectivity index (χ1v) is 8.26. The number of pyridine rings is 1. The van der Waals surface area contributed by atoms with E-state index in [-0.39, 0.29) is 0 Å². The molecule has 23 heavy (non-hydrogen) atoms. The fourth-order valence-electron chi connectivity index (χ4n) is 3.98. The summed E-state index contributed by atoms with van der Waals surface area (Å²) in [5, 5.41) is 17.7. The maximum atomic E-state index is 4.71. The lowest BCUT2D eigenvalue weighted by Gasteiger charge is -2.22. The van der Waals surface area contributed by atoms with Crippen LogP contribution in [0, 0.1) is 0 Å². The Kier molecular flexibility index (Phi) is 2.85. The third-order valence-electron chi connectivity index (χ3n) is 5.10. The second kappa shape index (κ2) is 5.03. The fraction of sp³-hybridized carbons (Fsp3) is 0.263. The average molecular weight is 302 g/mol. The highest BCUT2D eigenvalue weighted by molar-refractivity contribution is 6.24. The number of hydrogen-bond acceptors (Lipinski definition) is 3. The van der Waals surface area contributed by atoms with Crippen molar-refractivity contribution in [1.82, 2.24) is 20.5 Å². The Hall–Kier alpha value is -2.46. The van der Waals surface area contributed by atoms with Crippen LogP contribution in [-0.2, 0) is 0 Å². The molecular weight excluding hydrogens is 284 g/mol. The van der Waals surface area contributed by atoms with Crippen LogP contribution in [0.15, 0.2) is 42.7 Å². The zero-order valence-corrected chi connectivity index (χ0v) is 12.8. The van der Waals surface area contributed by atoms with Crippen molar-refractivity contribution in [2.75, 3.05) is 13.1 Å². The van der Waals surface area contributed by atoms with Crippen LogP contribution in [0.2, 0.25) is 0 Å². The number of H-pyrrole nitrogens is 1. The maximum Gasteiger partial charge on any atom is 0.101 e. The smallest absolute Gasteiger partial charge is 0.101 e. The van der Waals surface area contributed by atoms with Crippen LogP contribution in [0.4, 0.5) is 0 Å². The predicted molar refractivity (Wildman–Crippen MR) is 93.7 cm³/mol. The fourth-order valence-corrected chi connectivity index (χ4v) is 3.98. The van der Waals surface area contributed by atoms with E-state index in [4.69, 9.17) is 5.10 Å². The number of piperidine rings is 1. The van der Waals surface area contributed by atoms with Crippen LogP contribution < -0.4 is 5.32 Å². The standard InChI is InChI=1S/C19H18N4/c1-2-4-15-13(3-1)16-11-21-10-7-14(16)17-18(22-23-19(15)17)12-5-8-20-9-6-12/h1-4,7,10-12,20H,5-6,8-9H2,(H,22,23). The second-order valence-electron chi connectivity index (χ2n) is 6.35. The largest absolute Gasteiger partial charge is 0.317 e. The zero-order chi connectivity index (χ0) is 15.2. The molecular formula is C19H18N4. The third kappa shape index (κ3) is 1.88. The first-order valence-electron chi connectivity index (χ1n) is 8.26. The molecule has 0 atom stereocenters. The lowest BCUT2D eigenvalue weighted by Crippen LogP contribution is -2.26. The van der Waals surface area contributed by atoms with Gasteiger partial charge in [0, 0.05) is 40.2 Å². The summed E-state index contributed by atoms with van der Waals surface area (Å²) in [6, 6.07) is 10.6. The molecule has 2 aromatic carbocycles. The third-order valence-corrected chi connectivity index (χ3v) is 5.10. The predicted octanol–water partition coefficient (Wildman–Crippen LogP) is 3.73. The molecule has 0 spiro atoms. The number of rotatable bonds is 1. The molecule has 2 aromatic heterocycles. The van der Waals surface area contributed by atoms with Gasteiger partial charge in [0.1, 0.15) is 5.52 Å². The number of benzene rings is 2. The molecule has 114 valence electrons. The summed E-state index contributed by atoms with van der Waals surface area (Å²) < 4.78 is 0. The summed E-state index contributed by atoms with van der Waals surface area (Å²) in [4.78, 5) is 4.36. The summed E-state index contributed by atoms with van der Waals surface area (Å²) in [5.41, 5.74) is 2.39. The number of nitrogens with one attached hydrogen (secondary N) is 2. The van der Waals surface area contributed by atoms with E-state index in [1.807, 2.05) is 12.4 Å². The van der Waals surface area contributed by atoms with Crippen LogP contribution in [0.25, 0.3) is 32.4 Å². The molecule has 3 heterocycles. The molecule has 0 aliphatic carbocycles. The number of aromatic amines is 1. The van der Waals surface area contributed by atoms with Gasteiger partial charge < -0.3 is 5.32 Å². The number of nitrogens with zero attached hydrogens (tertiary/aromatic N) is 2. The molecule has 0 bridgehead atoms. The highest BCUT2D eigenvalue weighted by Gasteiger charge is 2.22. The Morgan fingerprint density at radius 3 is 2.61 bits per heavy atom. The molecule has 1 aliphatic rings. The van der Waals surface area contributed by atoms with E-state index in [0.717, 1.165) is 31.4 Å². The number of hydrogen-bond donors (Lipinski definition) is 2. The van der Waals surface area contributed by atoms with Gasteiger partial charge in [-0.05, 0) is 42.8 Å². The summed E-state index contributed by atoms with van der Waals surface area (Å²) in [6.45, 7) is 2.16. The molecule has 5 rings (SSSR count). The van der Waals surface area contributed by atoms with Crippen LogP contribution in [0.1, 0.15) is 24.5 Å². The summed E-state index contributed by atoms with van der Waals surface area (Å²) in [7, 11) is 0. The Bertz CT molecular complexity index is 1010. The second-order valence-corrected chi connectivity index (χ2v) is 6.35. The van der Waals surface area contributed by atoms with E-state index in [1.54, 1.807) is 0 Å². The van der Waals surface area contributed by atoms with Crippen molar-refractivity contribution in [1.29, 1.82) is 0 Å². The first-order chi connectivity index (χ1) is 11.4. The molecule has 0 unspecified atom stereocenters. The SMILES string of the molecule is c1ccc2c(c1)c1cnccc1c1c(C3CCNCC3)[nH]nc21. The molecule has 4 heteroatoms. The number of fused-ring (bicyclic) bond motifs is 6. The minimum Gasteiger partial charge on any atom is -0.317 e. The molecule has 2 N–H and O–H groups in total. The maximum absolute atomic E-state index is 4.71. The zero-order valence-electron chi connectivity index (χ0n) is 12.8. The lowest BCUT2D eigenvalue weighted by atomic mass is 9.90. The van der Waals surface area contributed by atoms with Crippen molar-refractivity contribution < 1.29 is 0 Å². The molecule has 0 radical (unpaired) electrons. The van der Waals surface area contributed by atoms with Crippen molar-refractivity contribution in [2.45, 2.75) is 18.8 Å². The van der Waals surface area contributed by atoms with Crippen molar-refractivity contribution in [3.8, 4) is 0 Å². The summed E-state index contributed by atoms with van der Waals surface area (Å²) >= 11 is 0. The van der Waals surface area contributed by atoms with Crippen molar-refractivity contribution in [3.05, 3.63) is 48.4 Å². The van der Waals surface area contributed by atoms with Gasteiger partial charge in [-0.1, -0.05) is 24.3 Å². The van der Waals surface area contributed by atoms with E-state index in [1.165, 1.54) is 32.6 Å². The van der Waals surface area contributed by atoms with E-state index < -0.39 is 0 Å². The van der Waals surface area contributed by atoms with Gasteiger partial charge in [0.05, 0.1) is 0 Å². The van der Waals surface area contributed by atoms with Crippen LogP contribution >= 0.6 is 0 Å². The molecule has 0 saturated carbocycles. The van der Waals surface area contributed by atoms with E-state index >= 15 is 0 Å². The molecule has 1 saturated heterocycles. The van der Waals surface area contributed by atoms with Crippen molar-refractivity contribution in [3.63, 3.8) is 0 Å². The molecule has 0 amide bonds. The lowest BCUT2D eigenvalue weighted by molar-refractivity contribution is 0.455. The Labute approximate surface area is 133 Å². The minimum absolute atomic E-state index is 0.554. The van der Waals surface area contributed by atoms with E-state index in [2.05, 4.69) is 45.7 Å². The van der Waals surface area contributed by atoms with Gasteiger partial charge >= 0.3 is 0 Å². The average Bonchev–Trinajstić information content (AvgIpc) is 3.08. The Morgan fingerprint density at radius 2 is 1.74 bits per heavy atom. The summed E-state index contributed by atoms with van der Waals surface area (Å²) in [5.74, 6) is 0.554. The van der Waals surface area contributed by atoms with E-state index in [0.29, 0.717) is 5.92 Å². The molecule has 4 nitrogen and oxygen atoms in total. The normalized spacial score (nSPS) is 16.5. The van der Waals surface area contributed by atoms with Gasteiger partial charge in [-0.2, -0.15) is 5.10 Å². The van der Waals surface area contributed by atoms with Gasteiger partial charge in [0.2, 0.25) is 0 Å². The monoisotopic (exact) mass is 302 g/mol. The van der Waals surface area contributed by atoms with Gasteiger partial charge in [0.15, 0.2) is 0 Å². The van der Waals surface area contributed by atoms with E-state index in [9.17, 15) is 0 Å².